The Labute approximate surface area is 128 Å². The predicted octanol–water partition coefficient (Wildman–Crippen LogP) is 3.12. The number of nitrogens with zero attached hydrogens (tertiary/aromatic N) is 1. The molecular formula is C17H29NO3. The van der Waals surface area contributed by atoms with Crippen LogP contribution in [0.1, 0.15) is 49.4 Å². The van der Waals surface area contributed by atoms with Crippen LogP contribution in [0.2, 0.25) is 0 Å². The lowest BCUT2D eigenvalue weighted by Crippen LogP contribution is -2.35. The van der Waals surface area contributed by atoms with Crippen molar-refractivity contribution in [1.29, 1.82) is 0 Å². The van der Waals surface area contributed by atoms with Gasteiger partial charge in [0.2, 0.25) is 0 Å². The third-order valence-corrected chi connectivity index (χ3v) is 3.05. The van der Waals surface area contributed by atoms with Gasteiger partial charge >= 0.3 is 5.97 Å². The molecule has 21 heavy (non-hydrogen) atoms. The molecule has 0 fully saturated rings. The van der Waals surface area contributed by atoms with Crippen molar-refractivity contribution in [2.75, 3.05) is 27.7 Å². The van der Waals surface area contributed by atoms with Gasteiger partial charge in [-0.15, -0.1) is 0 Å². The van der Waals surface area contributed by atoms with Crippen LogP contribution in [0, 0.1) is 0 Å². The van der Waals surface area contributed by atoms with Gasteiger partial charge in [0.05, 0.1) is 33.3 Å². The van der Waals surface area contributed by atoms with Crippen LogP contribution in [-0.2, 0) is 0 Å². The number of para-hydroxylation sites is 1. The molecule has 0 aliphatic carbocycles. The zero-order valence-electron chi connectivity index (χ0n) is 13.8. The number of hydrogen-bond acceptors (Lipinski definition) is 2. The molecule has 0 amide bonds. The van der Waals surface area contributed by atoms with Gasteiger partial charge in [0.1, 0.15) is 0 Å². The summed E-state index contributed by atoms with van der Waals surface area (Å²) >= 11 is 0. The second kappa shape index (κ2) is 10.2. The van der Waals surface area contributed by atoms with Gasteiger partial charge in [0, 0.05) is 0 Å². The van der Waals surface area contributed by atoms with Gasteiger partial charge in [-0.2, -0.15) is 0 Å². The van der Waals surface area contributed by atoms with E-state index >= 15 is 0 Å². The highest BCUT2D eigenvalue weighted by atomic mass is 16.4. The van der Waals surface area contributed by atoms with E-state index in [1.165, 1.54) is 62.9 Å². The summed E-state index contributed by atoms with van der Waals surface area (Å²) in [5, 5.41) is 19.0. The fourth-order valence-corrected chi connectivity index (χ4v) is 1.83. The topological polar surface area (TPSA) is 60.4 Å². The van der Waals surface area contributed by atoms with Gasteiger partial charge in [0.15, 0.2) is 0 Å². The maximum atomic E-state index is 10.7. The summed E-state index contributed by atoms with van der Waals surface area (Å²) in [7, 11) is 6.79. The van der Waals surface area contributed by atoms with E-state index in [-0.39, 0.29) is 5.56 Å². The average molecular weight is 295 g/mol. The molecule has 120 valence electrons. The lowest BCUT2D eigenvalue weighted by Gasteiger charge is -2.23. The summed E-state index contributed by atoms with van der Waals surface area (Å²) in [6, 6.07) is 5.54. The fraction of sp³-hybridized carbons (Fsp3) is 0.588. The van der Waals surface area contributed by atoms with Crippen molar-refractivity contribution >= 4 is 5.97 Å². The minimum absolute atomic E-state index is 0.178. The molecular weight excluding hydrogens is 266 g/mol. The number of carboxylic acid groups (broad SMARTS) is 1. The summed E-state index contributed by atoms with van der Waals surface area (Å²) in [5.41, 5.74) is -0.178. The molecule has 1 N–H and O–H groups in total. The Bertz CT molecular complexity index is 411. The van der Waals surface area contributed by atoms with E-state index < -0.39 is 11.7 Å². The van der Waals surface area contributed by atoms with Crippen LogP contribution in [0.5, 0.6) is 5.75 Å². The first kappa shape index (κ1) is 19.4. The molecule has 0 heterocycles. The average Bonchev–Trinajstić information content (AvgIpc) is 2.38. The van der Waals surface area contributed by atoms with Crippen LogP contribution in [0.25, 0.3) is 0 Å². The van der Waals surface area contributed by atoms with E-state index in [0.29, 0.717) is 0 Å². The van der Waals surface area contributed by atoms with E-state index in [0.717, 1.165) is 4.48 Å². The van der Waals surface area contributed by atoms with E-state index in [1.54, 1.807) is 0 Å². The lowest BCUT2D eigenvalue weighted by atomic mass is 10.1. The molecule has 0 aliphatic rings. The Hall–Kier alpha value is -1.55. The molecule has 0 atom stereocenters. The van der Waals surface area contributed by atoms with Crippen molar-refractivity contribution in [1.82, 2.24) is 0 Å². The van der Waals surface area contributed by atoms with Crippen molar-refractivity contribution in [3.8, 4) is 5.75 Å². The third-order valence-electron chi connectivity index (χ3n) is 3.05. The molecule has 0 saturated heterocycles. The normalized spacial score (nSPS) is 10.7. The van der Waals surface area contributed by atoms with Gasteiger partial charge in [-0.05, 0) is 18.9 Å². The molecule has 1 aromatic rings. The number of rotatable bonds is 7. The molecule has 4 heteroatoms. The molecule has 1 aromatic carbocycles. The number of unbranched alkanes of at least 4 members (excludes halogenated alkanes) is 4. The van der Waals surface area contributed by atoms with Crippen LogP contribution in [0.3, 0.4) is 0 Å². The predicted molar refractivity (Wildman–Crippen MR) is 84.5 cm³/mol. The van der Waals surface area contributed by atoms with Crippen molar-refractivity contribution < 1.29 is 19.5 Å². The summed E-state index contributed by atoms with van der Waals surface area (Å²) in [4.78, 5) is 10.2. The van der Waals surface area contributed by atoms with E-state index in [4.69, 9.17) is 5.11 Å². The third kappa shape index (κ3) is 10.9. The highest BCUT2D eigenvalue weighted by Gasteiger charge is 2.04. The molecule has 0 aliphatic heterocycles. The van der Waals surface area contributed by atoms with Gasteiger partial charge < -0.3 is 14.7 Å². The molecule has 4 nitrogen and oxygen atoms in total. The summed E-state index contributed by atoms with van der Waals surface area (Å²) in [6.07, 6.45) is 7.00. The summed E-state index contributed by atoms with van der Waals surface area (Å²) in [5.74, 6) is -1.62. The van der Waals surface area contributed by atoms with E-state index in [9.17, 15) is 9.90 Å². The minimum atomic E-state index is -1.18. The van der Waals surface area contributed by atoms with Gasteiger partial charge in [-0.25, -0.2) is 4.79 Å². The number of quaternary nitrogens is 1. The summed E-state index contributed by atoms with van der Waals surface area (Å²) in [6.45, 7) is 3.59. The Balaban J connectivity index is 0.000000382. The van der Waals surface area contributed by atoms with Crippen LogP contribution in [0.15, 0.2) is 24.3 Å². The maximum absolute atomic E-state index is 10.7. The Morgan fingerprint density at radius 1 is 1.10 bits per heavy atom. The second-order valence-electron chi connectivity index (χ2n) is 6.23. The number of aromatic carboxylic acids is 1. The van der Waals surface area contributed by atoms with Gasteiger partial charge in [-0.3, -0.25) is 0 Å². The lowest BCUT2D eigenvalue weighted by molar-refractivity contribution is -0.870. The van der Waals surface area contributed by atoms with Gasteiger partial charge in [0.25, 0.3) is 0 Å². The van der Waals surface area contributed by atoms with Crippen molar-refractivity contribution in [3.05, 3.63) is 29.8 Å². The first-order valence-electron chi connectivity index (χ1n) is 7.57. The van der Waals surface area contributed by atoms with E-state index in [2.05, 4.69) is 28.1 Å². The highest BCUT2D eigenvalue weighted by Crippen LogP contribution is 2.10. The monoisotopic (exact) mass is 295 g/mol. The number of hydrogen-bond donors (Lipinski definition) is 1. The van der Waals surface area contributed by atoms with Crippen molar-refractivity contribution in [2.45, 2.75) is 39.0 Å². The molecule has 1 rings (SSSR count). The Morgan fingerprint density at radius 3 is 2.10 bits per heavy atom. The zero-order chi connectivity index (χ0) is 16.3. The highest BCUT2D eigenvalue weighted by molar-refractivity contribution is 5.90. The van der Waals surface area contributed by atoms with Crippen LogP contribution >= 0.6 is 0 Å². The van der Waals surface area contributed by atoms with Crippen molar-refractivity contribution in [2.24, 2.45) is 0 Å². The zero-order valence-corrected chi connectivity index (χ0v) is 13.8. The molecule has 0 aromatic heterocycles. The Kier molecular flexibility index (Phi) is 9.46. The molecule has 0 bridgehead atoms. The van der Waals surface area contributed by atoms with Crippen LogP contribution < -0.4 is 5.11 Å². The number of benzene rings is 1. The smallest absolute Gasteiger partial charge is 0.335 e. The fourth-order valence-electron chi connectivity index (χ4n) is 1.83. The van der Waals surface area contributed by atoms with Crippen LogP contribution in [0.4, 0.5) is 0 Å². The Morgan fingerprint density at radius 2 is 1.67 bits per heavy atom. The largest absolute Gasteiger partial charge is 0.872 e. The SMILES string of the molecule is CCCCCCC[N+](C)(C)C.O=C(O)c1ccccc1[O-]. The molecule has 0 saturated carbocycles. The molecule has 0 radical (unpaired) electrons. The second-order valence-corrected chi connectivity index (χ2v) is 6.23. The van der Waals surface area contributed by atoms with E-state index in [1.807, 2.05) is 0 Å². The standard InChI is InChI=1S/C10H24N.C7H6O3/c1-5-6-7-8-9-10-11(2,3)4;8-6-4-2-1-3-5(6)7(9)10/h5-10H2,1-4H3;1-4,8H,(H,9,10)/q+1;/p-1. The number of carbonyl (C=O) groups is 1. The van der Waals surface area contributed by atoms with Crippen LogP contribution in [-0.4, -0.2) is 43.2 Å². The van der Waals surface area contributed by atoms with Crippen molar-refractivity contribution in [3.63, 3.8) is 0 Å². The minimum Gasteiger partial charge on any atom is -0.872 e. The first-order valence-corrected chi connectivity index (χ1v) is 7.57. The molecule has 0 unspecified atom stereocenters. The molecule has 0 spiro atoms. The van der Waals surface area contributed by atoms with Gasteiger partial charge in [-0.1, -0.05) is 50.1 Å². The quantitative estimate of drug-likeness (QED) is 0.621. The summed E-state index contributed by atoms with van der Waals surface area (Å²) < 4.78 is 1.12. The first-order chi connectivity index (χ1) is 9.78. The number of carboxylic acids is 1. The maximum Gasteiger partial charge on any atom is 0.335 e.